The number of rotatable bonds is 0. The molecule has 0 bridgehead atoms. The fourth-order valence-electron chi connectivity index (χ4n) is 1.56. The summed E-state index contributed by atoms with van der Waals surface area (Å²) in [5, 5.41) is 4.09. The first-order valence-corrected chi connectivity index (χ1v) is 4.24. The third kappa shape index (κ3) is 1.39. The Balaban J connectivity index is 2.48. The predicted octanol–water partition coefficient (Wildman–Crippen LogP) is 0.508. The van der Waals surface area contributed by atoms with E-state index in [2.05, 4.69) is 5.10 Å². The largest absolute Gasteiger partial charge is 0.299 e. The lowest BCUT2D eigenvalue weighted by Crippen LogP contribution is -2.01. The quantitative estimate of drug-likeness (QED) is 0.544. The number of carbonyl (C=O) groups excluding carboxylic acids is 2. The van der Waals surface area contributed by atoms with Crippen molar-refractivity contribution in [1.82, 2.24) is 9.78 Å². The van der Waals surface area contributed by atoms with Crippen molar-refractivity contribution in [2.75, 3.05) is 0 Å². The molecule has 0 aromatic carbocycles. The van der Waals surface area contributed by atoms with E-state index in [9.17, 15) is 9.59 Å². The van der Waals surface area contributed by atoms with Crippen LogP contribution in [-0.2, 0) is 18.3 Å². The second kappa shape index (κ2) is 2.80. The lowest BCUT2D eigenvalue weighted by molar-refractivity contribution is -0.118. The highest BCUT2D eigenvalue weighted by Gasteiger charge is 2.22. The van der Waals surface area contributed by atoms with E-state index < -0.39 is 0 Å². The van der Waals surface area contributed by atoms with E-state index >= 15 is 0 Å². The number of nitrogens with zero attached hydrogens (tertiary/aromatic N) is 2. The van der Waals surface area contributed by atoms with Crippen LogP contribution in [0.3, 0.4) is 0 Å². The van der Waals surface area contributed by atoms with Crippen LogP contribution in [0.2, 0.25) is 0 Å². The molecule has 0 saturated carbocycles. The highest BCUT2D eigenvalue weighted by molar-refractivity contribution is 6.02. The Kier molecular flexibility index (Phi) is 1.76. The molecular formula is C9H10N2O2. The topological polar surface area (TPSA) is 52.0 Å². The molecule has 0 aliphatic heterocycles. The molecular weight excluding hydrogens is 168 g/mol. The molecule has 13 heavy (non-hydrogen) atoms. The van der Waals surface area contributed by atoms with Gasteiger partial charge in [0, 0.05) is 26.1 Å². The summed E-state index contributed by atoms with van der Waals surface area (Å²) in [6.45, 7) is 0. The fourth-order valence-corrected chi connectivity index (χ4v) is 1.56. The van der Waals surface area contributed by atoms with Gasteiger partial charge in [-0.1, -0.05) is 0 Å². The second-order valence-electron chi connectivity index (χ2n) is 3.30. The van der Waals surface area contributed by atoms with E-state index in [-0.39, 0.29) is 11.6 Å². The maximum absolute atomic E-state index is 11.5. The van der Waals surface area contributed by atoms with E-state index in [4.69, 9.17) is 0 Å². The zero-order valence-corrected chi connectivity index (χ0v) is 7.41. The third-order valence-corrected chi connectivity index (χ3v) is 2.20. The van der Waals surface area contributed by atoms with Crippen molar-refractivity contribution in [3.8, 4) is 0 Å². The van der Waals surface area contributed by atoms with Crippen LogP contribution in [0.15, 0.2) is 6.20 Å². The molecule has 2 rings (SSSR count). The Labute approximate surface area is 75.5 Å². The summed E-state index contributed by atoms with van der Waals surface area (Å²) >= 11 is 0. The number of aryl methyl sites for hydroxylation is 1. The molecule has 0 radical (unpaired) electrons. The highest BCUT2D eigenvalue weighted by Crippen LogP contribution is 2.16. The summed E-state index contributed by atoms with van der Waals surface area (Å²) in [4.78, 5) is 22.7. The van der Waals surface area contributed by atoms with E-state index in [0.717, 1.165) is 0 Å². The van der Waals surface area contributed by atoms with Gasteiger partial charge >= 0.3 is 0 Å². The zero-order chi connectivity index (χ0) is 9.42. The summed E-state index contributed by atoms with van der Waals surface area (Å²) in [5.74, 6) is 0.139. The number of ketones is 2. The van der Waals surface area contributed by atoms with E-state index in [0.29, 0.717) is 30.5 Å². The van der Waals surface area contributed by atoms with Crippen molar-refractivity contribution >= 4 is 11.6 Å². The normalized spacial score (nSPS) is 17.0. The van der Waals surface area contributed by atoms with Gasteiger partial charge in [0.25, 0.3) is 0 Å². The average molecular weight is 178 g/mol. The maximum atomic E-state index is 11.5. The van der Waals surface area contributed by atoms with Gasteiger partial charge in [0.2, 0.25) is 0 Å². The second-order valence-corrected chi connectivity index (χ2v) is 3.30. The molecule has 1 heterocycles. The van der Waals surface area contributed by atoms with Crippen molar-refractivity contribution in [3.05, 3.63) is 17.5 Å². The molecule has 0 amide bonds. The molecule has 0 N–H and O–H groups in total. The minimum atomic E-state index is 0.0361. The van der Waals surface area contributed by atoms with E-state index in [1.165, 1.54) is 0 Å². The average Bonchev–Trinajstić information content (AvgIpc) is 2.37. The molecule has 0 fully saturated rings. The first kappa shape index (κ1) is 8.16. The Morgan fingerprint density at radius 1 is 1.38 bits per heavy atom. The molecule has 4 heteroatoms. The van der Waals surface area contributed by atoms with Crippen molar-refractivity contribution in [1.29, 1.82) is 0 Å². The van der Waals surface area contributed by atoms with Crippen LogP contribution in [0.1, 0.15) is 28.9 Å². The fraction of sp³-hybridized carbons (Fsp3) is 0.444. The number of hydrogen-bond acceptors (Lipinski definition) is 3. The Bertz CT molecular complexity index is 379. The van der Waals surface area contributed by atoms with Gasteiger partial charge < -0.3 is 0 Å². The standard InChI is InChI=1S/C9H10N2O2/c1-11-5-7-8(10-11)4-6(12)2-3-9(7)13/h5H,2-4H2,1H3. The van der Waals surface area contributed by atoms with Gasteiger partial charge in [0.15, 0.2) is 5.78 Å². The van der Waals surface area contributed by atoms with Crippen LogP contribution in [0, 0.1) is 0 Å². The molecule has 0 spiro atoms. The lowest BCUT2D eigenvalue weighted by atomic mass is 10.1. The van der Waals surface area contributed by atoms with Gasteiger partial charge in [-0.2, -0.15) is 5.10 Å². The molecule has 1 aliphatic carbocycles. The lowest BCUT2D eigenvalue weighted by Gasteiger charge is -1.90. The van der Waals surface area contributed by atoms with Crippen molar-refractivity contribution < 1.29 is 9.59 Å². The Morgan fingerprint density at radius 2 is 2.15 bits per heavy atom. The molecule has 1 aromatic heterocycles. The van der Waals surface area contributed by atoms with Gasteiger partial charge in [-0.15, -0.1) is 0 Å². The number of hydrogen-bond donors (Lipinski definition) is 0. The van der Waals surface area contributed by atoms with Crippen molar-refractivity contribution in [2.45, 2.75) is 19.3 Å². The third-order valence-electron chi connectivity index (χ3n) is 2.20. The molecule has 0 unspecified atom stereocenters. The monoisotopic (exact) mass is 178 g/mol. The molecule has 4 nitrogen and oxygen atoms in total. The smallest absolute Gasteiger partial charge is 0.166 e. The summed E-state index contributed by atoms with van der Waals surface area (Å²) in [5.41, 5.74) is 1.25. The zero-order valence-electron chi connectivity index (χ0n) is 7.41. The summed E-state index contributed by atoms with van der Waals surface area (Å²) in [6.07, 6.45) is 2.69. The van der Waals surface area contributed by atoms with Crippen LogP contribution in [0.5, 0.6) is 0 Å². The van der Waals surface area contributed by atoms with Crippen molar-refractivity contribution in [2.24, 2.45) is 7.05 Å². The van der Waals surface area contributed by atoms with E-state index in [1.54, 1.807) is 17.9 Å². The van der Waals surface area contributed by atoms with E-state index in [1.807, 2.05) is 0 Å². The summed E-state index contributed by atoms with van der Waals surface area (Å²) in [7, 11) is 1.76. The minimum Gasteiger partial charge on any atom is -0.299 e. The van der Waals surface area contributed by atoms with Gasteiger partial charge in [0.1, 0.15) is 5.78 Å². The number of fused-ring (bicyclic) bond motifs is 1. The maximum Gasteiger partial charge on any atom is 0.166 e. The van der Waals surface area contributed by atoms with Gasteiger partial charge in [0.05, 0.1) is 17.7 Å². The molecule has 0 saturated heterocycles. The number of Topliss-reactive ketones (excluding diaryl/α,β-unsaturated/α-hetero) is 2. The van der Waals surface area contributed by atoms with Crippen LogP contribution in [0.25, 0.3) is 0 Å². The minimum absolute atomic E-state index is 0.0361. The predicted molar refractivity (Wildman–Crippen MR) is 45.5 cm³/mol. The molecule has 1 aromatic rings. The van der Waals surface area contributed by atoms with Gasteiger partial charge in [-0.05, 0) is 0 Å². The first-order chi connectivity index (χ1) is 6.16. The molecule has 1 aliphatic rings. The van der Waals surface area contributed by atoms with Crippen LogP contribution >= 0.6 is 0 Å². The summed E-state index contributed by atoms with van der Waals surface area (Å²) in [6, 6.07) is 0. The number of aromatic nitrogens is 2. The summed E-state index contributed by atoms with van der Waals surface area (Å²) < 4.78 is 1.58. The van der Waals surface area contributed by atoms with Crippen LogP contribution in [-0.4, -0.2) is 21.3 Å². The Hall–Kier alpha value is -1.45. The van der Waals surface area contributed by atoms with Gasteiger partial charge in [-0.25, -0.2) is 0 Å². The van der Waals surface area contributed by atoms with Crippen molar-refractivity contribution in [3.63, 3.8) is 0 Å². The van der Waals surface area contributed by atoms with Crippen LogP contribution < -0.4 is 0 Å². The SMILES string of the molecule is Cn1cc2c(n1)CC(=O)CCC2=O. The van der Waals surface area contributed by atoms with Crippen LogP contribution in [0.4, 0.5) is 0 Å². The highest BCUT2D eigenvalue weighted by atomic mass is 16.1. The Morgan fingerprint density at radius 3 is 2.92 bits per heavy atom. The number of carbonyl (C=O) groups is 2. The first-order valence-electron chi connectivity index (χ1n) is 4.24. The molecule has 68 valence electrons. The molecule has 0 atom stereocenters. The van der Waals surface area contributed by atoms with Gasteiger partial charge in [-0.3, -0.25) is 14.3 Å².